The van der Waals surface area contributed by atoms with Crippen LogP contribution in [-0.2, 0) is 6.61 Å². The van der Waals surface area contributed by atoms with Gasteiger partial charge in [0.15, 0.2) is 5.75 Å². The minimum atomic E-state index is -0.523. The van der Waals surface area contributed by atoms with Crippen molar-refractivity contribution in [2.75, 3.05) is 27.2 Å². The van der Waals surface area contributed by atoms with Gasteiger partial charge in [0.25, 0.3) is 0 Å². The first-order valence-electron chi connectivity index (χ1n) is 7.39. The van der Waals surface area contributed by atoms with Crippen LogP contribution < -0.4 is 9.47 Å². The lowest BCUT2D eigenvalue weighted by Crippen LogP contribution is -2.19. The Kier molecular flexibility index (Phi) is 6.40. The van der Waals surface area contributed by atoms with E-state index in [0.29, 0.717) is 13.2 Å². The van der Waals surface area contributed by atoms with Crippen molar-refractivity contribution in [3.8, 4) is 11.5 Å². The molecule has 128 valence electrons. The predicted molar refractivity (Wildman–Crippen MR) is 92.9 cm³/mol. The van der Waals surface area contributed by atoms with Crippen molar-refractivity contribution < 1.29 is 14.4 Å². The summed E-state index contributed by atoms with van der Waals surface area (Å²) in [6.45, 7) is 1.23. The summed E-state index contributed by atoms with van der Waals surface area (Å²) in [5, 5.41) is 11.6. The highest BCUT2D eigenvalue weighted by atomic mass is 35.5. The first-order valence-corrected chi connectivity index (χ1v) is 7.77. The minimum Gasteiger partial charge on any atom is -0.488 e. The van der Waals surface area contributed by atoms with Crippen LogP contribution >= 0.6 is 11.6 Å². The van der Waals surface area contributed by atoms with Crippen molar-refractivity contribution in [3.63, 3.8) is 0 Å². The lowest BCUT2D eigenvalue weighted by Gasteiger charge is -2.15. The quantitative estimate of drug-likeness (QED) is 0.535. The summed E-state index contributed by atoms with van der Waals surface area (Å²) in [6.07, 6.45) is 0. The van der Waals surface area contributed by atoms with E-state index in [0.717, 1.165) is 5.56 Å². The molecule has 0 heterocycles. The Bertz CT molecular complexity index is 692. The van der Waals surface area contributed by atoms with Gasteiger partial charge in [-0.05, 0) is 19.7 Å². The number of hydrogen-bond donors (Lipinski definition) is 0. The number of nitro groups is 1. The van der Waals surface area contributed by atoms with Gasteiger partial charge in [-0.2, -0.15) is 0 Å². The fourth-order valence-electron chi connectivity index (χ4n) is 2.01. The molecule has 0 spiro atoms. The molecule has 0 saturated carbocycles. The molecule has 0 amide bonds. The average Bonchev–Trinajstić information content (AvgIpc) is 2.54. The van der Waals surface area contributed by atoms with E-state index in [1.54, 1.807) is 0 Å². The van der Waals surface area contributed by atoms with E-state index in [1.807, 2.05) is 49.3 Å². The average molecular weight is 351 g/mol. The van der Waals surface area contributed by atoms with Crippen LogP contribution in [-0.4, -0.2) is 37.1 Å². The maximum absolute atomic E-state index is 11.3. The van der Waals surface area contributed by atoms with Crippen molar-refractivity contribution in [1.29, 1.82) is 0 Å². The third-order valence-electron chi connectivity index (χ3n) is 3.22. The van der Waals surface area contributed by atoms with Gasteiger partial charge in [0.05, 0.1) is 9.95 Å². The molecular formula is C17H19ClN2O4. The van der Waals surface area contributed by atoms with Crippen LogP contribution in [0.15, 0.2) is 42.5 Å². The van der Waals surface area contributed by atoms with Crippen molar-refractivity contribution in [2.45, 2.75) is 6.61 Å². The van der Waals surface area contributed by atoms with Crippen LogP contribution in [0.5, 0.6) is 11.5 Å². The van der Waals surface area contributed by atoms with E-state index in [-0.39, 0.29) is 28.8 Å². The smallest absolute Gasteiger partial charge is 0.316 e. The lowest BCUT2D eigenvalue weighted by atomic mass is 10.2. The van der Waals surface area contributed by atoms with E-state index in [2.05, 4.69) is 0 Å². The van der Waals surface area contributed by atoms with Crippen molar-refractivity contribution in [2.24, 2.45) is 0 Å². The Morgan fingerprint density at radius 1 is 1.17 bits per heavy atom. The summed E-state index contributed by atoms with van der Waals surface area (Å²) in [5.74, 6) is 0.360. The molecule has 0 aromatic heterocycles. The third-order valence-corrected chi connectivity index (χ3v) is 3.44. The Labute approximate surface area is 145 Å². The van der Waals surface area contributed by atoms with Gasteiger partial charge in [-0.3, -0.25) is 10.1 Å². The number of ether oxygens (including phenoxy) is 2. The van der Waals surface area contributed by atoms with E-state index < -0.39 is 4.92 Å². The number of nitro benzene ring substituents is 1. The zero-order chi connectivity index (χ0) is 17.5. The molecule has 0 unspecified atom stereocenters. The highest BCUT2D eigenvalue weighted by Crippen LogP contribution is 2.40. The van der Waals surface area contributed by atoms with Gasteiger partial charge in [-0.15, -0.1) is 0 Å². The first kappa shape index (κ1) is 18.0. The molecule has 0 atom stereocenters. The van der Waals surface area contributed by atoms with Gasteiger partial charge in [-0.25, -0.2) is 0 Å². The van der Waals surface area contributed by atoms with Crippen LogP contribution in [0.1, 0.15) is 5.56 Å². The molecule has 6 nitrogen and oxygen atoms in total. The third kappa shape index (κ3) is 5.11. The fourth-order valence-corrected chi connectivity index (χ4v) is 2.21. The van der Waals surface area contributed by atoms with Gasteiger partial charge in [0.2, 0.25) is 5.75 Å². The van der Waals surface area contributed by atoms with E-state index in [4.69, 9.17) is 21.1 Å². The van der Waals surface area contributed by atoms with E-state index >= 15 is 0 Å². The molecule has 24 heavy (non-hydrogen) atoms. The molecule has 2 rings (SSSR count). The Morgan fingerprint density at radius 3 is 2.50 bits per heavy atom. The summed E-state index contributed by atoms with van der Waals surface area (Å²) in [4.78, 5) is 12.7. The Balaban J connectivity index is 2.25. The largest absolute Gasteiger partial charge is 0.488 e. The van der Waals surface area contributed by atoms with Crippen LogP contribution in [0.3, 0.4) is 0 Å². The molecule has 0 N–H and O–H groups in total. The van der Waals surface area contributed by atoms with Crippen molar-refractivity contribution in [3.05, 3.63) is 63.2 Å². The fraction of sp³-hybridized carbons (Fsp3) is 0.294. The number of nitrogens with zero attached hydrogens (tertiary/aromatic N) is 2. The SMILES string of the molecule is CN(C)CCOc1cc(Cl)cc([N+](=O)[O-])c1OCc1ccccc1. The van der Waals surface area contributed by atoms with Gasteiger partial charge in [0.1, 0.15) is 13.2 Å². The van der Waals surface area contributed by atoms with Crippen LogP contribution in [0.4, 0.5) is 5.69 Å². The lowest BCUT2D eigenvalue weighted by molar-refractivity contribution is -0.386. The topological polar surface area (TPSA) is 64.8 Å². The van der Waals surface area contributed by atoms with Crippen molar-refractivity contribution >= 4 is 17.3 Å². The maximum atomic E-state index is 11.3. The number of halogens is 1. The van der Waals surface area contributed by atoms with E-state index in [9.17, 15) is 10.1 Å². The summed E-state index contributed by atoms with van der Waals surface area (Å²) >= 11 is 5.97. The van der Waals surface area contributed by atoms with Gasteiger partial charge in [0, 0.05) is 18.7 Å². The van der Waals surface area contributed by atoms with Gasteiger partial charge < -0.3 is 14.4 Å². The Hall–Kier alpha value is -2.31. The molecule has 0 aliphatic rings. The number of likely N-dealkylation sites (N-methyl/N-ethyl adjacent to an activating group) is 1. The maximum Gasteiger partial charge on any atom is 0.316 e. The van der Waals surface area contributed by atoms with Gasteiger partial charge >= 0.3 is 5.69 Å². The molecular weight excluding hydrogens is 332 g/mol. The second-order valence-electron chi connectivity index (χ2n) is 5.44. The first-order chi connectivity index (χ1) is 11.5. The molecule has 0 bridgehead atoms. The summed E-state index contributed by atoms with van der Waals surface area (Å²) in [7, 11) is 3.83. The summed E-state index contributed by atoms with van der Waals surface area (Å²) in [6, 6.07) is 12.2. The molecule has 2 aromatic carbocycles. The summed E-state index contributed by atoms with van der Waals surface area (Å²) < 4.78 is 11.3. The standard InChI is InChI=1S/C17H19ClN2O4/c1-19(2)8-9-23-16-11-14(18)10-15(20(21)22)17(16)24-12-13-6-4-3-5-7-13/h3-7,10-11H,8-9,12H2,1-2H3. The molecule has 0 aliphatic heterocycles. The summed E-state index contributed by atoms with van der Waals surface area (Å²) in [5.41, 5.74) is 0.694. The van der Waals surface area contributed by atoms with Crippen LogP contribution in [0.25, 0.3) is 0 Å². The molecule has 0 saturated heterocycles. The molecule has 7 heteroatoms. The minimum absolute atomic E-state index is 0.0898. The zero-order valence-electron chi connectivity index (χ0n) is 13.6. The van der Waals surface area contributed by atoms with E-state index in [1.165, 1.54) is 12.1 Å². The molecule has 0 aliphatic carbocycles. The predicted octanol–water partition coefficient (Wildman–Crippen LogP) is 3.77. The highest BCUT2D eigenvalue weighted by Gasteiger charge is 2.22. The second-order valence-corrected chi connectivity index (χ2v) is 5.87. The highest BCUT2D eigenvalue weighted by molar-refractivity contribution is 6.31. The second kappa shape index (κ2) is 8.52. The molecule has 2 aromatic rings. The van der Waals surface area contributed by atoms with Crippen LogP contribution in [0.2, 0.25) is 5.02 Å². The monoisotopic (exact) mass is 350 g/mol. The molecule has 0 radical (unpaired) electrons. The number of rotatable bonds is 8. The van der Waals surface area contributed by atoms with Crippen molar-refractivity contribution in [1.82, 2.24) is 4.90 Å². The zero-order valence-corrected chi connectivity index (χ0v) is 14.3. The van der Waals surface area contributed by atoms with Crippen LogP contribution in [0, 0.1) is 10.1 Å². The normalized spacial score (nSPS) is 10.7. The number of benzene rings is 2. The number of hydrogen-bond acceptors (Lipinski definition) is 5. The Morgan fingerprint density at radius 2 is 1.88 bits per heavy atom. The van der Waals surface area contributed by atoms with Gasteiger partial charge in [-0.1, -0.05) is 41.9 Å². The molecule has 0 fully saturated rings.